The summed E-state index contributed by atoms with van der Waals surface area (Å²) >= 11 is 12.5. The quantitative estimate of drug-likeness (QED) is 0.0870. The molecule has 6 rings (SSSR count). The zero-order valence-electron chi connectivity index (χ0n) is 35.0. The Morgan fingerprint density at radius 2 is 1.52 bits per heavy atom. The second kappa shape index (κ2) is 18.8. The van der Waals surface area contributed by atoms with Gasteiger partial charge in [0, 0.05) is 13.5 Å². The van der Waals surface area contributed by atoms with Crippen LogP contribution in [0.1, 0.15) is 61.2 Å². The minimum atomic E-state index is -5.47. The molecule has 2 heterocycles. The van der Waals surface area contributed by atoms with Crippen LogP contribution >= 0.6 is 23.2 Å². The normalized spacial score (nSPS) is 17.8. The van der Waals surface area contributed by atoms with Crippen LogP contribution < -0.4 is 25.1 Å². The van der Waals surface area contributed by atoms with Crippen LogP contribution in [0.2, 0.25) is 28.2 Å². The average Bonchev–Trinajstić information content (AvgIpc) is 3.21. The molecule has 0 fully saturated rings. The lowest BCUT2D eigenvalue weighted by Gasteiger charge is -2.36. The Morgan fingerprint density at radius 1 is 0.921 bits per heavy atom. The number of ether oxygens (including phenoxy) is 2. The second-order valence-corrected chi connectivity index (χ2v) is 21.8. The summed E-state index contributed by atoms with van der Waals surface area (Å²) < 4.78 is 58.3. The van der Waals surface area contributed by atoms with Gasteiger partial charge in [0.25, 0.3) is 0 Å². The van der Waals surface area contributed by atoms with Crippen molar-refractivity contribution in [3.05, 3.63) is 111 Å². The first-order valence-electron chi connectivity index (χ1n) is 19.2. The molecule has 4 amide bonds. The van der Waals surface area contributed by atoms with Gasteiger partial charge in [-0.05, 0) is 88.9 Å². The number of amides is 4. The number of nitrogens with zero attached hydrogens (tertiary/aromatic N) is 1. The number of alkyl halides is 3. The summed E-state index contributed by atoms with van der Waals surface area (Å²) in [6, 6.07) is 10.7. The highest BCUT2D eigenvalue weighted by molar-refractivity contribution is 6.74. The molecule has 0 saturated heterocycles. The number of likely N-dealkylation sites (N-methyl/N-ethyl adjacent to an activating group) is 1. The molecule has 0 aliphatic carbocycles. The van der Waals surface area contributed by atoms with E-state index >= 15 is 0 Å². The van der Waals surface area contributed by atoms with Crippen LogP contribution in [0.5, 0.6) is 28.7 Å². The Kier molecular flexibility index (Phi) is 14.3. The maximum absolute atomic E-state index is 14.8. The van der Waals surface area contributed by atoms with Crippen LogP contribution in [0.25, 0.3) is 0 Å². The lowest BCUT2D eigenvalue weighted by molar-refractivity contribution is -0.174. The molecule has 0 aromatic heterocycles. The predicted molar refractivity (Wildman–Crippen MR) is 228 cm³/mol. The van der Waals surface area contributed by atoms with Crippen molar-refractivity contribution in [3.8, 4) is 28.7 Å². The number of esters is 1. The third-order valence-corrected chi connectivity index (χ3v) is 15.8. The average molecular weight is 934 g/mol. The van der Waals surface area contributed by atoms with Crippen molar-refractivity contribution in [1.82, 2.24) is 20.9 Å². The third kappa shape index (κ3) is 11.2. The van der Waals surface area contributed by atoms with Gasteiger partial charge in [-0.3, -0.25) is 19.2 Å². The van der Waals surface area contributed by atoms with Gasteiger partial charge in [0.2, 0.25) is 26.0 Å². The van der Waals surface area contributed by atoms with Crippen molar-refractivity contribution in [1.29, 1.82) is 0 Å². The molecule has 4 aromatic carbocycles. The van der Waals surface area contributed by atoms with Crippen molar-refractivity contribution in [2.45, 2.75) is 75.7 Å². The molecule has 14 nitrogen and oxygen atoms in total. The predicted octanol–water partition coefficient (Wildman–Crippen LogP) is 7.57. The number of fused-ring (bicyclic) bond motifs is 9. The molecule has 0 saturated carbocycles. The molecule has 20 heteroatoms. The zero-order chi connectivity index (χ0) is 46.8. The SMILES string of the molecule is COC(=O)[C@H](NC(=O)[C@H]1Cc2ccc(cc2)Oc2cc(ccc2O)[C@H](NC(=O)C(F)(F)F)C(=O)N[C@H](c2cc(Cl)c(O)c(Cl)c2)C(=O)N1C)c1ccc(O[Si](C)(C)C(C)(C)C)cc1. The van der Waals surface area contributed by atoms with E-state index in [1.54, 1.807) is 41.7 Å². The van der Waals surface area contributed by atoms with Crippen molar-refractivity contribution in [2.24, 2.45) is 0 Å². The number of hydrogen-bond donors (Lipinski definition) is 5. The molecule has 0 unspecified atom stereocenters. The maximum Gasteiger partial charge on any atom is 0.471 e. The molecule has 2 aliphatic rings. The molecule has 4 atom stereocenters. The highest BCUT2D eigenvalue weighted by atomic mass is 35.5. The van der Waals surface area contributed by atoms with E-state index in [0.717, 1.165) is 42.3 Å². The highest BCUT2D eigenvalue weighted by Gasteiger charge is 2.43. The number of carbonyl (C=O) groups excluding carboxylic acids is 5. The number of rotatable bonds is 8. The van der Waals surface area contributed by atoms with E-state index in [-0.39, 0.29) is 44.1 Å². The summed E-state index contributed by atoms with van der Waals surface area (Å²) in [5, 5.41) is 26.7. The van der Waals surface area contributed by atoms with Crippen LogP contribution in [0.3, 0.4) is 0 Å². The van der Waals surface area contributed by atoms with E-state index in [0.29, 0.717) is 16.9 Å². The van der Waals surface area contributed by atoms with Gasteiger partial charge in [-0.2, -0.15) is 13.2 Å². The van der Waals surface area contributed by atoms with Crippen LogP contribution in [0.15, 0.2) is 78.9 Å². The van der Waals surface area contributed by atoms with Crippen LogP contribution in [-0.4, -0.2) is 79.4 Å². The van der Waals surface area contributed by atoms with E-state index in [1.165, 1.54) is 19.2 Å². The molecule has 2 aliphatic heterocycles. The third-order valence-electron chi connectivity index (χ3n) is 10.8. The van der Waals surface area contributed by atoms with E-state index in [2.05, 4.69) is 44.5 Å². The van der Waals surface area contributed by atoms with Crippen molar-refractivity contribution < 1.29 is 61.3 Å². The number of phenols is 2. The lowest BCUT2D eigenvalue weighted by Crippen LogP contribution is -2.54. The summed E-state index contributed by atoms with van der Waals surface area (Å²) in [4.78, 5) is 70.1. The summed E-state index contributed by atoms with van der Waals surface area (Å²) in [7, 11) is 0.0895. The Hall–Kier alpha value is -5.98. The molecule has 5 N–H and O–H groups in total. The zero-order valence-corrected chi connectivity index (χ0v) is 37.5. The summed E-state index contributed by atoms with van der Waals surface area (Å²) in [5.41, 5.74) is 0.257. The van der Waals surface area contributed by atoms with Gasteiger partial charge in [0.05, 0.1) is 17.2 Å². The van der Waals surface area contributed by atoms with Crippen molar-refractivity contribution in [3.63, 3.8) is 0 Å². The Morgan fingerprint density at radius 3 is 2.08 bits per heavy atom. The first kappa shape index (κ1) is 48.1. The number of halogens is 5. The largest absolute Gasteiger partial charge is 0.544 e. The summed E-state index contributed by atoms with van der Waals surface area (Å²) in [5.74, 6) is -7.44. The van der Waals surface area contributed by atoms with Gasteiger partial charge in [0.15, 0.2) is 23.3 Å². The lowest BCUT2D eigenvalue weighted by atomic mass is 9.98. The maximum atomic E-state index is 14.8. The first-order valence-corrected chi connectivity index (χ1v) is 22.9. The van der Waals surface area contributed by atoms with E-state index in [1.807, 2.05) is 0 Å². The van der Waals surface area contributed by atoms with Gasteiger partial charge in [-0.15, -0.1) is 0 Å². The van der Waals surface area contributed by atoms with Crippen molar-refractivity contribution in [2.75, 3.05) is 14.2 Å². The fraction of sp³-hybridized carbons (Fsp3) is 0.326. The fourth-order valence-electron chi connectivity index (χ4n) is 6.19. The van der Waals surface area contributed by atoms with Crippen molar-refractivity contribution >= 4 is 61.1 Å². The Labute approximate surface area is 371 Å². The van der Waals surface area contributed by atoms with Crippen LogP contribution in [-0.2, 0) is 35.1 Å². The molecule has 336 valence electrons. The molecule has 0 radical (unpaired) electrons. The molecule has 0 spiro atoms. The minimum Gasteiger partial charge on any atom is -0.544 e. The molecular weight excluding hydrogens is 888 g/mol. The number of hydrogen-bond acceptors (Lipinski definition) is 10. The molecular formula is C43H45Cl2F3N4O10Si. The number of benzene rings is 4. The highest BCUT2D eigenvalue weighted by Crippen LogP contribution is 2.39. The monoisotopic (exact) mass is 932 g/mol. The molecule has 63 heavy (non-hydrogen) atoms. The first-order chi connectivity index (χ1) is 29.3. The number of phenolic OH excluding ortho intramolecular Hbond substituents is 2. The number of methoxy groups -OCH3 is 1. The summed E-state index contributed by atoms with van der Waals surface area (Å²) in [6.45, 7) is 10.4. The number of carbonyl (C=O) groups is 5. The second-order valence-electron chi connectivity index (χ2n) is 16.2. The summed E-state index contributed by atoms with van der Waals surface area (Å²) in [6.07, 6.45) is -5.70. The Bertz CT molecular complexity index is 2370. The van der Waals surface area contributed by atoms with Gasteiger partial charge in [-0.1, -0.05) is 74.3 Å². The number of aromatic hydroxyl groups is 2. The minimum absolute atomic E-state index is 0.108. The van der Waals surface area contributed by atoms with Crippen LogP contribution in [0.4, 0.5) is 13.2 Å². The number of nitrogens with one attached hydrogen (secondary N) is 3. The van der Waals surface area contributed by atoms with Gasteiger partial charge >= 0.3 is 18.1 Å². The smallest absolute Gasteiger partial charge is 0.471 e. The van der Waals surface area contributed by atoms with Gasteiger partial charge in [-0.25, -0.2) is 4.79 Å². The molecule has 4 bridgehead atoms. The topological polar surface area (TPSA) is 193 Å². The standard InChI is InChI=1S/C43H45Cl2F3N4O10Si/c1-42(2,3)63(6,7)62-27-15-10-23(11-16-27)35(40(58)60-5)50-37(55)30-18-22-8-13-26(14-9-22)61-32-21-24(12-17-31(32)53)33(51-41(59)43(46,47)48)38(56)49-34(39(57)52(30)4)25-19-28(44)36(54)29(45)20-25/h8-17,19-21,30,33-35,53-54H,18H2,1-7H3,(H,49,56)(H,50,55)(H,51,59)/t30-,33+,34-,35-/m1/s1. The molecule has 4 aromatic rings. The van der Waals surface area contributed by atoms with Gasteiger partial charge < -0.3 is 45.0 Å². The van der Waals surface area contributed by atoms with E-state index in [4.69, 9.17) is 37.1 Å². The van der Waals surface area contributed by atoms with E-state index in [9.17, 15) is 47.4 Å². The van der Waals surface area contributed by atoms with Crippen LogP contribution in [0, 0.1) is 0 Å². The Balaban J connectivity index is 1.62. The fourth-order valence-corrected chi connectivity index (χ4v) is 7.72. The van der Waals surface area contributed by atoms with Gasteiger partial charge in [0.1, 0.15) is 29.6 Å². The van der Waals surface area contributed by atoms with E-state index < -0.39 is 79.8 Å².